The molecule has 0 saturated heterocycles. The first-order chi connectivity index (χ1) is 54.3. The highest BCUT2D eigenvalue weighted by molar-refractivity contribution is 6.09. The predicted molar refractivity (Wildman–Crippen MR) is 448 cm³/mol. The van der Waals surface area contributed by atoms with E-state index in [4.69, 9.17) is 60.1 Å². The molecule has 8 aromatic heterocycles. The Morgan fingerprint density at radius 1 is 0.295 bits per heavy atom. The molecule has 0 saturated carbocycles. The van der Waals surface area contributed by atoms with Gasteiger partial charge in [-0.1, -0.05) is 132 Å². The van der Waals surface area contributed by atoms with Crippen LogP contribution in [0, 0.1) is 0 Å². The van der Waals surface area contributed by atoms with Gasteiger partial charge in [-0.3, -0.25) is 0 Å². The third-order valence-corrected chi connectivity index (χ3v) is 20.3. The fourth-order valence-corrected chi connectivity index (χ4v) is 14.7. The highest BCUT2D eigenvalue weighted by Crippen LogP contribution is 2.37. The van der Waals surface area contributed by atoms with Gasteiger partial charge in [0.1, 0.15) is 79.9 Å². The van der Waals surface area contributed by atoms with E-state index in [0.717, 1.165) is 199 Å². The van der Waals surface area contributed by atoms with Crippen molar-refractivity contribution in [1.82, 2.24) is 58.1 Å². The van der Waals surface area contributed by atoms with Gasteiger partial charge in [0, 0.05) is 115 Å². The van der Waals surface area contributed by atoms with Crippen LogP contribution in [0.1, 0.15) is 141 Å². The van der Waals surface area contributed by atoms with Crippen molar-refractivity contribution < 1.29 is 30.6 Å². The summed E-state index contributed by atoms with van der Waals surface area (Å²) in [5.74, 6) is 6.28. The number of benzene rings is 8. The quantitative estimate of drug-likeness (QED) is 0.0265. The fourth-order valence-electron chi connectivity index (χ4n) is 14.7. The van der Waals surface area contributed by atoms with Crippen LogP contribution in [0.2, 0.25) is 0 Å². The molecule has 0 aliphatic heterocycles. The first-order valence-electron chi connectivity index (χ1n) is 38.2. The molecule has 20 N–H and O–H groups in total. The van der Waals surface area contributed by atoms with Gasteiger partial charge in [0.05, 0.1) is 50.7 Å². The molecular formula is C87H97N19O6. The summed E-state index contributed by atoms with van der Waals surface area (Å²) in [6, 6.07) is 50.4. The van der Waals surface area contributed by atoms with E-state index in [9.17, 15) is 30.6 Å². The highest BCUT2D eigenvalue weighted by Gasteiger charge is 2.24. The van der Waals surface area contributed by atoms with E-state index in [1.807, 2.05) is 109 Å². The van der Waals surface area contributed by atoms with Gasteiger partial charge in [-0.15, -0.1) is 0 Å². The minimum Gasteiger partial charge on any atom is -0.508 e. The number of unbranched alkanes of at least 4 members (excludes halogenated alkanes) is 4. The molecule has 0 fully saturated rings. The highest BCUT2D eigenvalue weighted by atomic mass is 16.3. The van der Waals surface area contributed by atoms with Crippen LogP contribution in [0.5, 0.6) is 34.5 Å². The minimum atomic E-state index is 0.0376. The van der Waals surface area contributed by atoms with Crippen molar-refractivity contribution in [2.45, 2.75) is 151 Å². The molecule has 0 aliphatic carbocycles. The van der Waals surface area contributed by atoms with E-state index in [0.29, 0.717) is 83.7 Å². The normalized spacial score (nSPS) is 11.5. The number of pyridine rings is 4. The smallest absolute Gasteiger partial charge is 0.152 e. The Balaban J connectivity index is 0.000000131. The first-order valence-corrected chi connectivity index (χ1v) is 38.2. The van der Waals surface area contributed by atoms with Crippen LogP contribution in [-0.4, -0.2) is 88.8 Å². The van der Waals surface area contributed by atoms with Gasteiger partial charge < -0.3 is 89.0 Å². The van der Waals surface area contributed by atoms with Crippen molar-refractivity contribution in [3.05, 3.63) is 226 Å². The number of anilines is 4. The second-order valence-electron chi connectivity index (χ2n) is 28.2. The summed E-state index contributed by atoms with van der Waals surface area (Å²) in [5, 5.41) is 64.1. The Kier molecular flexibility index (Phi) is 23.7. The molecule has 0 bridgehead atoms. The van der Waals surface area contributed by atoms with Gasteiger partial charge in [0.15, 0.2) is 23.3 Å². The second kappa shape index (κ2) is 34.4. The average molecular weight is 1500 g/mol. The van der Waals surface area contributed by atoms with Crippen molar-refractivity contribution in [2.24, 2.45) is 17.2 Å². The maximum atomic E-state index is 10.4. The zero-order valence-corrected chi connectivity index (χ0v) is 63.6. The van der Waals surface area contributed by atoms with E-state index >= 15 is 0 Å². The molecule has 8 aromatic carbocycles. The molecule has 0 atom stereocenters. The molecule has 16 rings (SSSR count). The lowest BCUT2D eigenvalue weighted by Crippen LogP contribution is -2.09. The van der Waals surface area contributed by atoms with Crippen molar-refractivity contribution in [3.8, 4) is 34.5 Å². The molecule has 0 amide bonds. The number of imidazole rings is 4. The predicted octanol–water partition coefficient (Wildman–Crippen LogP) is 14.8. The van der Waals surface area contributed by atoms with Crippen LogP contribution in [0.3, 0.4) is 0 Å². The van der Waals surface area contributed by atoms with Crippen LogP contribution in [-0.2, 0) is 71.5 Å². The number of phenols is 6. The number of hydrogen-bond donors (Lipinski definition) is 13. The van der Waals surface area contributed by atoms with Crippen LogP contribution < -0.4 is 40.1 Å². The van der Waals surface area contributed by atoms with Crippen molar-refractivity contribution in [1.29, 1.82) is 0 Å². The number of para-hydroxylation sites is 4. The summed E-state index contributed by atoms with van der Waals surface area (Å²) in [5.41, 5.74) is 58.1. The number of nitrogens with zero attached hydrogens (tertiary/aromatic N) is 12. The summed E-state index contributed by atoms with van der Waals surface area (Å²) in [4.78, 5) is 37.4. The Morgan fingerprint density at radius 2 is 0.598 bits per heavy atom. The zero-order valence-electron chi connectivity index (χ0n) is 63.6. The van der Waals surface area contributed by atoms with Crippen molar-refractivity contribution in [2.75, 3.05) is 22.9 Å². The number of nitrogen functional groups attached to an aromatic ring is 4. The van der Waals surface area contributed by atoms with Crippen LogP contribution in [0.15, 0.2) is 164 Å². The van der Waals surface area contributed by atoms with Crippen LogP contribution in [0.25, 0.3) is 87.7 Å². The Labute approximate surface area is 647 Å². The number of phenolic OH excluding ortho intramolecular Hbond substituents is 6. The Hall–Kier alpha value is -12.8. The Morgan fingerprint density at radius 3 is 0.946 bits per heavy atom. The second-order valence-corrected chi connectivity index (χ2v) is 28.2. The summed E-state index contributed by atoms with van der Waals surface area (Å²) in [6.07, 6.45) is 11.7. The van der Waals surface area contributed by atoms with Crippen LogP contribution in [0.4, 0.5) is 23.3 Å². The fraction of sp³-hybridized carbons (Fsp3) is 0.264. The monoisotopic (exact) mass is 1500 g/mol. The number of aryl methyl sites for hydroxylation is 4. The molecule has 576 valence electrons. The summed E-state index contributed by atoms with van der Waals surface area (Å²) >= 11 is 0. The average Bonchev–Trinajstić information content (AvgIpc) is 1.61. The molecule has 8 heterocycles. The molecule has 0 aliphatic rings. The number of aromatic nitrogens is 12. The van der Waals surface area contributed by atoms with Crippen LogP contribution >= 0.6 is 0 Å². The lowest BCUT2D eigenvalue weighted by molar-refractivity contribution is 0.448. The third kappa shape index (κ3) is 16.2. The lowest BCUT2D eigenvalue weighted by atomic mass is 10.0. The van der Waals surface area contributed by atoms with Gasteiger partial charge >= 0.3 is 0 Å². The maximum absolute atomic E-state index is 10.4. The van der Waals surface area contributed by atoms with E-state index in [2.05, 4.69) is 78.0 Å². The standard InChI is InChI=1S/C23H28N6O.C22H25N5O.2C21H22N4O2/c1-2-3-8-19-28-20-21(17-6-4-5-7-18(17)27-23(20)26)29(19)13-14-9-15(11-24)22(30)16(10-14)12-25;1-2-3-8-19-26-20-21(16-6-4-5-7-17(16)25-22(20)24)27(19)13-14-9-10-18(28)15(11-14)12-23;1-2-3-8-18-24-19-20(16-6-4-5-7-17(16)23-21(19)22)25(18)12-13-9-14(26)11-15(27)10-13;1-2-3-8-18-24-19-20(15-6-4-5-7-16(15)23-21(19)22)25(18)12-13-11-14(26)9-10-17(13)27/h4-7,9-10,30H,2-3,8,11-13,24-25H2,1H3,(H2,26,27);4-7,9-11,28H,2-3,8,12-13,23H2,1H3,(H2,24,25);2*4-7,9-11,26-27H,2-3,8,12H2,1H3,(H2,22,23). The van der Waals surface area contributed by atoms with Gasteiger partial charge in [-0.05, 0) is 121 Å². The van der Waals surface area contributed by atoms with Crippen molar-refractivity contribution in [3.63, 3.8) is 0 Å². The van der Waals surface area contributed by atoms with E-state index in [-0.39, 0.29) is 47.6 Å². The molecule has 25 heteroatoms. The lowest BCUT2D eigenvalue weighted by Gasteiger charge is -2.14. The molecule has 0 radical (unpaired) electrons. The third-order valence-electron chi connectivity index (χ3n) is 20.3. The molecule has 25 nitrogen and oxygen atoms in total. The number of aromatic hydroxyl groups is 6. The number of hydrogen-bond acceptors (Lipinski definition) is 21. The van der Waals surface area contributed by atoms with Crippen molar-refractivity contribution >= 4 is 111 Å². The summed E-state index contributed by atoms with van der Waals surface area (Å²) in [6.45, 7) is 11.5. The topological polar surface area (TPSA) is 426 Å². The summed E-state index contributed by atoms with van der Waals surface area (Å²) in [7, 11) is 0. The molecule has 0 spiro atoms. The molecule has 16 aromatic rings. The SMILES string of the molecule is CCCCc1nc2c(N)nc3ccccc3c2n1Cc1cc(CN)c(O)c(CN)c1.CCCCc1nc2c(N)nc3ccccc3c2n1Cc1cc(O)cc(O)c1.CCCCc1nc2c(N)nc3ccccc3c2n1Cc1cc(O)ccc1O.CCCCc1nc2c(N)nc3ccccc3c2n1Cc1ccc(O)c(CN)c1. The Bertz CT molecular complexity index is 6060. The molecule has 0 unspecified atom stereocenters. The largest absolute Gasteiger partial charge is 0.508 e. The maximum Gasteiger partial charge on any atom is 0.152 e. The van der Waals surface area contributed by atoms with E-state index in [1.54, 1.807) is 24.3 Å². The van der Waals surface area contributed by atoms with Gasteiger partial charge in [0.25, 0.3) is 0 Å². The van der Waals surface area contributed by atoms with E-state index in [1.165, 1.54) is 18.2 Å². The zero-order chi connectivity index (χ0) is 78.9. The molecule has 112 heavy (non-hydrogen) atoms. The van der Waals surface area contributed by atoms with Gasteiger partial charge in [-0.25, -0.2) is 39.9 Å². The minimum absolute atomic E-state index is 0.0376. The number of nitrogens with two attached hydrogens (primary N) is 7. The number of fused-ring (bicyclic) bond motifs is 12. The summed E-state index contributed by atoms with van der Waals surface area (Å²) < 4.78 is 8.66. The number of rotatable bonds is 23. The van der Waals surface area contributed by atoms with E-state index < -0.39 is 0 Å². The first kappa shape index (κ1) is 77.3. The molecular weight excluding hydrogens is 1410 g/mol. The van der Waals surface area contributed by atoms with Gasteiger partial charge in [0.2, 0.25) is 0 Å². The van der Waals surface area contributed by atoms with Gasteiger partial charge in [-0.2, -0.15) is 0 Å².